The molecule has 1 amide bonds. The van der Waals surface area contributed by atoms with Crippen molar-refractivity contribution >= 4 is 28.5 Å². The molecule has 0 atom stereocenters. The van der Waals surface area contributed by atoms with Crippen LogP contribution in [-0.4, -0.2) is 60.3 Å². The monoisotopic (exact) mass is 552 g/mol. The molecule has 1 saturated heterocycles. The summed E-state index contributed by atoms with van der Waals surface area (Å²) in [5, 5.41) is 10.1. The number of carbonyl (C=O) groups is 2. The van der Waals surface area contributed by atoms with E-state index in [4.69, 9.17) is 9.47 Å². The van der Waals surface area contributed by atoms with Gasteiger partial charge in [0, 0.05) is 29.7 Å². The van der Waals surface area contributed by atoms with Gasteiger partial charge in [-0.25, -0.2) is 4.79 Å². The number of alkyl halides is 3. The Morgan fingerprint density at radius 2 is 1.77 bits per heavy atom. The zero-order valence-electron chi connectivity index (χ0n) is 21.8. The number of ether oxygens (including phenoxy) is 2. The van der Waals surface area contributed by atoms with E-state index in [1.165, 1.54) is 19.2 Å². The predicted molar refractivity (Wildman–Crippen MR) is 143 cm³/mol. The van der Waals surface area contributed by atoms with Crippen LogP contribution in [0.15, 0.2) is 60.7 Å². The van der Waals surface area contributed by atoms with Gasteiger partial charge in [-0.2, -0.15) is 18.3 Å². The van der Waals surface area contributed by atoms with Gasteiger partial charge in [0.05, 0.1) is 18.2 Å². The highest BCUT2D eigenvalue weighted by atomic mass is 19.4. The number of carbonyl (C=O) groups excluding carboxylic acids is 2. The quantitative estimate of drug-likeness (QED) is 0.295. The molecule has 40 heavy (non-hydrogen) atoms. The molecule has 2 N–H and O–H groups in total. The molecule has 2 heterocycles. The van der Waals surface area contributed by atoms with Crippen LogP contribution < -0.4 is 10.1 Å². The first-order chi connectivity index (χ1) is 19.1. The Bertz CT molecular complexity index is 1560. The Morgan fingerprint density at radius 1 is 1.02 bits per heavy atom. The number of esters is 1. The van der Waals surface area contributed by atoms with Crippen molar-refractivity contribution < 1.29 is 32.2 Å². The summed E-state index contributed by atoms with van der Waals surface area (Å²) >= 11 is 0. The van der Waals surface area contributed by atoms with Gasteiger partial charge in [-0.05, 0) is 73.5 Å². The van der Waals surface area contributed by atoms with E-state index in [1.807, 2.05) is 13.1 Å². The van der Waals surface area contributed by atoms with Gasteiger partial charge in [-0.1, -0.05) is 18.2 Å². The van der Waals surface area contributed by atoms with E-state index in [2.05, 4.69) is 20.4 Å². The summed E-state index contributed by atoms with van der Waals surface area (Å²) in [7, 11) is 3.24. The molecule has 208 valence electrons. The number of hydrogen-bond donors (Lipinski definition) is 2. The molecule has 0 radical (unpaired) electrons. The fourth-order valence-corrected chi connectivity index (χ4v) is 4.71. The standard InChI is InChI=1S/C29H27F3N4O4/c1-36-12-10-21(11-13-36)40-25-9-7-19(15-23(25)29(30,31)32)27(37)33-20-5-3-4-17(14-20)18-6-8-22-24(16-18)34-35-26(22)28(38)39-2/h3-9,14-16,21H,10-13H2,1-2H3,(H,33,37)(H,34,35). The second-order valence-corrected chi connectivity index (χ2v) is 9.69. The maximum absolute atomic E-state index is 13.9. The number of aromatic nitrogens is 2. The Balaban J connectivity index is 1.35. The van der Waals surface area contributed by atoms with E-state index >= 15 is 0 Å². The van der Waals surface area contributed by atoms with Gasteiger partial charge < -0.3 is 19.7 Å². The zero-order chi connectivity index (χ0) is 28.4. The average molecular weight is 553 g/mol. The summed E-state index contributed by atoms with van der Waals surface area (Å²) in [6, 6.07) is 15.6. The number of nitrogens with one attached hydrogen (secondary N) is 2. The summed E-state index contributed by atoms with van der Waals surface area (Å²) in [5.41, 5.74) is 1.60. The van der Waals surface area contributed by atoms with Gasteiger partial charge in [0.1, 0.15) is 11.9 Å². The molecule has 5 rings (SSSR count). The molecule has 8 nitrogen and oxygen atoms in total. The van der Waals surface area contributed by atoms with Crippen molar-refractivity contribution in [2.45, 2.75) is 25.1 Å². The fraction of sp³-hybridized carbons (Fsp3) is 0.276. The minimum atomic E-state index is -4.68. The summed E-state index contributed by atoms with van der Waals surface area (Å²) in [4.78, 5) is 27.0. The number of benzene rings is 3. The molecule has 3 aromatic carbocycles. The van der Waals surface area contributed by atoms with Crippen LogP contribution in [0.2, 0.25) is 0 Å². The molecular weight excluding hydrogens is 525 g/mol. The third-order valence-electron chi connectivity index (χ3n) is 6.90. The molecule has 0 unspecified atom stereocenters. The molecule has 1 aliphatic heterocycles. The first-order valence-corrected chi connectivity index (χ1v) is 12.7. The Kier molecular flexibility index (Phi) is 7.49. The maximum atomic E-state index is 13.9. The number of nitrogens with zero attached hydrogens (tertiary/aromatic N) is 2. The number of amides is 1. The molecule has 0 spiro atoms. The number of H-pyrrole nitrogens is 1. The van der Waals surface area contributed by atoms with E-state index in [0.29, 0.717) is 29.4 Å². The number of anilines is 1. The zero-order valence-corrected chi connectivity index (χ0v) is 21.8. The van der Waals surface area contributed by atoms with Crippen LogP contribution in [0.3, 0.4) is 0 Å². The summed E-state index contributed by atoms with van der Waals surface area (Å²) in [5.74, 6) is -1.51. The lowest BCUT2D eigenvalue weighted by molar-refractivity contribution is -0.139. The Hall–Kier alpha value is -4.38. The average Bonchev–Trinajstić information content (AvgIpc) is 3.37. The van der Waals surface area contributed by atoms with Crippen molar-refractivity contribution in [3.63, 3.8) is 0 Å². The summed E-state index contributed by atoms with van der Waals surface area (Å²) in [6.07, 6.45) is -3.73. The molecule has 4 aromatic rings. The van der Waals surface area contributed by atoms with Crippen molar-refractivity contribution in [1.29, 1.82) is 0 Å². The smallest absolute Gasteiger partial charge is 0.419 e. The second kappa shape index (κ2) is 11.0. The van der Waals surface area contributed by atoms with Crippen molar-refractivity contribution in [3.05, 3.63) is 77.5 Å². The summed E-state index contributed by atoms with van der Waals surface area (Å²) in [6.45, 7) is 1.49. The number of piperidine rings is 1. The molecule has 11 heteroatoms. The van der Waals surface area contributed by atoms with E-state index in [-0.39, 0.29) is 23.1 Å². The van der Waals surface area contributed by atoms with Gasteiger partial charge in [-0.15, -0.1) is 0 Å². The Labute approximate surface area is 228 Å². The molecule has 1 fully saturated rings. The van der Waals surface area contributed by atoms with Crippen LogP contribution in [0.25, 0.3) is 22.0 Å². The summed E-state index contributed by atoms with van der Waals surface area (Å²) < 4.78 is 52.2. The van der Waals surface area contributed by atoms with Crippen LogP contribution >= 0.6 is 0 Å². The van der Waals surface area contributed by atoms with E-state index in [1.54, 1.807) is 36.4 Å². The highest BCUT2D eigenvalue weighted by Crippen LogP contribution is 2.38. The molecule has 0 aliphatic carbocycles. The second-order valence-electron chi connectivity index (χ2n) is 9.69. The molecule has 1 aliphatic rings. The van der Waals surface area contributed by atoms with Crippen molar-refractivity contribution in [2.24, 2.45) is 0 Å². The largest absolute Gasteiger partial charge is 0.490 e. The Morgan fingerprint density at radius 3 is 2.50 bits per heavy atom. The lowest BCUT2D eigenvalue weighted by Crippen LogP contribution is -2.36. The number of likely N-dealkylation sites (tertiary alicyclic amines) is 1. The topological polar surface area (TPSA) is 96.5 Å². The SMILES string of the molecule is COC(=O)c1n[nH]c2cc(-c3cccc(NC(=O)c4ccc(OC5CCN(C)CC5)c(C(F)(F)F)c4)c3)ccc12. The fourth-order valence-electron chi connectivity index (χ4n) is 4.71. The normalized spacial score (nSPS) is 14.7. The number of fused-ring (bicyclic) bond motifs is 1. The molecule has 0 bridgehead atoms. The van der Waals surface area contributed by atoms with Crippen molar-refractivity contribution in [3.8, 4) is 16.9 Å². The third kappa shape index (κ3) is 5.79. The maximum Gasteiger partial charge on any atom is 0.419 e. The van der Waals surface area contributed by atoms with Gasteiger partial charge in [-0.3, -0.25) is 9.89 Å². The van der Waals surface area contributed by atoms with E-state index < -0.39 is 23.6 Å². The van der Waals surface area contributed by atoms with Crippen LogP contribution in [-0.2, 0) is 10.9 Å². The number of rotatable bonds is 6. The van der Waals surface area contributed by atoms with Crippen LogP contribution in [0.4, 0.5) is 18.9 Å². The lowest BCUT2D eigenvalue weighted by Gasteiger charge is -2.30. The van der Waals surface area contributed by atoms with Gasteiger partial charge in [0.15, 0.2) is 5.69 Å². The number of hydrogen-bond acceptors (Lipinski definition) is 6. The number of halogens is 3. The van der Waals surface area contributed by atoms with Crippen LogP contribution in [0, 0.1) is 0 Å². The van der Waals surface area contributed by atoms with Gasteiger partial charge in [0.25, 0.3) is 5.91 Å². The van der Waals surface area contributed by atoms with Crippen molar-refractivity contribution in [2.75, 3.05) is 32.6 Å². The van der Waals surface area contributed by atoms with Crippen molar-refractivity contribution in [1.82, 2.24) is 15.1 Å². The lowest BCUT2D eigenvalue weighted by atomic mass is 10.0. The highest BCUT2D eigenvalue weighted by Gasteiger charge is 2.36. The first kappa shape index (κ1) is 27.2. The molecular formula is C29H27F3N4O4. The number of methoxy groups -OCH3 is 1. The van der Waals surface area contributed by atoms with Crippen LogP contribution in [0.5, 0.6) is 5.75 Å². The van der Waals surface area contributed by atoms with Gasteiger partial charge >= 0.3 is 12.1 Å². The third-order valence-corrected chi connectivity index (χ3v) is 6.90. The minimum absolute atomic E-state index is 0.136. The highest BCUT2D eigenvalue weighted by molar-refractivity contribution is 6.05. The molecule has 1 aromatic heterocycles. The van der Waals surface area contributed by atoms with E-state index in [9.17, 15) is 22.8 Å². The number of aromatic amines is 1. The molecule has 0 saturated carbocycles. The van der Waals surface area contributed by atoms with E-state index in [0.717, 1.165) is 30.3 Å². The van der Waals surface area contributed by atoms with Gasteiger partial charge in [0.2, 0.25) is 0 Å². The first-order valence-electron chi connectivity index (χ1n) is 12.7. The van der Waals surface area contributed by atoms with Crippen LogP contribution in [0.1, 0.15) is 39.3 Å². The minimum Gasteiger partial charge on any atom is -0.490 e. The predicted octanol–water partition coefficient (Wildman–Crippen LogP) is 5.76.